The van der Waals surface area contributed by atoms with E-state index in [9.17, 15) is 9.59 Å². The van der Waals surface area contributed by atoms with Gasteiger partial charge < -0.3 is 10.2 Å². The number of hydrogen-bond donors (Lipinski definition) is 1. The van der Waals surface area contributed by atoms with Gasteiger partial charge in [0.2, 0.25) is 5.91 Å². The van der Waals surface area contributed by atoms with Crippen LogP contribution in [0.5, 0.6) is 0 Å². The van der Waals surface area contributed by atoms with E-state index < -0.39 is 0 Å². The lowest BCUT2D eigenvalue weighted by Crippen LogP contribution is -2.16. The number of amides is 2. The van der Waals surface area contributed by atoms with Gasteiger partial charge in [0.15, 0.2) is 0 Å². The fraction of sp³-hybridized carbons (Fsp3) is 0.350. The standard InChI is InChI=1S/C20H25ClN4O2S/c1-13(2)12-25-19(21)17(14(3)23-25)9-10-18(26)22-15-7-6-8-16(11-15)28-20(27)24(4)5/h6-11,13H,12H2,1-5H3,(H,22,26). The molecule has 0 spiro atoms. The number of benzene rings is 1. The number of carbonyl (C=O) groups excluding carboxylic acids is 2. The fourth-order valence-electron chi connectivity index (χ4n) is 2.40. The first kappa shape index (κ1) is 22.0. The summed E-state index contributed by atoms with van der Waals surface area (Å²) >= 11 is 7.49. The van der Waals surface area contributed by atoms with Crippen molar-refractivity contribution in [3.05, 3.63) is 46.8 Å². The Morgan fingerprint density at radius 3 is 2.71 bits per heavy atom. The molecule has 1 aromatic carbocycles. The molecule has 1 N–H and O–H groups in total. The van der Waals surface area contributed by atoms with Crippen molar-refractivity contribution >= 4 is 46.3 Å². The molecular formula is C20H25ClN4O2S. The van der Waals surface area contributed by atoms with Crippen LogP contribution in [0.25, 0.3) is 6.08 Å². The van der Waals surface area contributed by atoms with E-state index in [0.29, 0.717) is 16.8 Å². The minimum Gasteiger partial charge on any atom is -0.339 e. The van der Waals surface area contributed by atoms with Crippen molar-refractivity contribution in [1.82, 2.24) is 14.7 Å². The number of rotatable bonds is 6. The smallest absolute Gasteiger partial charge is 0.285 e. The van der Waals surface area contributed by atoms with E-state index >= 15 is 0 Å². The van der Waals surface area contributed by atoms with Crippen LogP contribution < -0.4 is 5.32 Å². The fourth-order valence-corrected chi connectivity index (χ4v) is 3.42. The van der Waals surface area contributed by atoms with Gasteiger partial charge in [-0.2, -0.15) is 5.10 Å². The number of nitrogens with zero attached hydrogens (tertiary/aromatic N) is 3. The topological polar surface area (TPSA) is 67.2 Å². The van der Waals surface area contributed by atoms with Gasteiger partial charge in [0.05, 0.1) is 5.69 Å². The Balaban J connectivity index is 2.06. The normalized spacial score (nSPS) is 11.2. The van der Waals surface area contributed by atoms with Crippen LogP contribution in [0.2, 0.25) is 5.15 Å². The molecule has 0 saturated carbocycles. The molecule has 28 heavy (non-hydrogen) atoms. The zero-order chi connectivity index (χ0) is 20.8. The van der Waals surface area contributed by atoms with Gasteiger partial charge in [0, 0.05) is 42.9 Å². The number of thioether (sulfide) groups is 1. The first-order valence-electron chi connectivity index (χ1n) is 8.88. The lowest BCUT2D eigenvalue weighted by molar-refractivity contribution is -0.111. The molecule has 0 aliphatic heterocycles. The first-order chi connectivity index (χ1) is 13.2. The molecule has 1 heterocycles. The van der Waals surface area contributed by atoms with Crippen molar-refractivity contribution in [2.45, 2.75) is 32.2 Å². The zero-order valence-corrected chi connectivity index (χ0v) is 18.3. The van der Waals surface area contributed by atoms with Crippen molar-refractivity contribution in [2.24, 2.45) is 5.92 Å². The summed E-state index contributed by atoms with van der Waals surface area (Å²) in [6, 6.07) is 7.15. The predicted octanol–water partition coefficient (Wildman–Crippen LogP) is 4.93. The van der Waals surface area contributed by atoms with Gasteiger partial charge in [-0.15, -0.1) is 0 Å². The van der Waals surface area contributed by atoms with E-state index in [1.54, 1.807) is 43.1 Å². The number of anilines is 1. The van der Waals surface area contributed by atoms with Crippen LogP contribution in [0.4, 0.5) is 10.5 Å². The number of hydrogen-bond acceptors (Lipinski definition) is 4. The third-order valence-corrected chi connectivity index (χ3v) is 5.15. The average Bonchev–Trinajstić information content (AvgIpc) is 2.86. The summed E-state index contributed by atoms with van der Waals surface area (Å²) in [6.07, 6.45) is 3.10. The van der Waals surface area contributed by atoms with Crippen LogP contribution in [0.1, 0.15) is 25.1 Å². The molecule has 6 nitrogen and oxygen atoms in total. The second-order valence-electron chi connectivity index (χ2n) is 6.98. The maximum Gasteiger partial charge on any atom is 0.285 e. The monoisotopic (exact) mass is 420 g/mol. The molecule has 0 unspecified atom stereocenters. The summed E-state index contributed by atoms with van der Waals surface area (Å²) < 4.78 is 1.75. The van der Waals surface area contributed by atoms with Gasteiger partial charge in [0.25, 0.3) is 5.24 Å². The summed E-state index contributed by atoms with van der Waals surface area (Å²) in [5.74, 6) is 0.134. The van der Waals surface area contributed by atoms with E-state index in [1.165, 1.54) is 11.0 Å². The average molecular weight is 421 g/mol. The lowest BCUT2D eigenvalue weighted by Gasteiger charge is -2.10. The first-order valence-corrected chi connectivity index (χ1v) is 10.1. The van der Waals surface area contributed by atoms with Crippen LogP contribution >= 0.6 is 23.4 Å². The highest BCUT2D eigenvalue weighted by atomic mass is 35.5. The Hall–Kier alpha value is -2.25. The molecule has 150 valence electrons. The third kappa shape index (κ3) is 6.14. The molecule has 2 amide bonds. The Kier molecular flexibility index (Phi) is 7.71. The van der Waals surface area contributed by atoms with Crippen molar-refractivity contribution in [3.8, 4) is 0 Å². The minimum absolute atomic E-state index is 0.0769. The van der Waals surface area contributed by atoms with Gasteiger partial charge in [-0.05, 0) is 48.9 Å². The summed E-state index contributed by atoms with van der Waals surface area (Å²) in [7, 11) is 3.39. The Labute approximate surface area is 174 Å². The van der Waals surface area contributed by atoms with Crippen LogP contribution in [0.15, 0.2) is 35.2 Å². The largest absolute Gasteiger partial charge is 0.339 e. The van der Waals surface area contributed by atoms with Crippen molar-refractivity contribution in [1.29, 1.82) is 0 Å². The van der Waals surface area contributed by atoms with Crippen LogP contribution in [0, 0.1) is 12.8 Å². The molecule has 0 saturated heterocycles. The molecule has 0 aliphatic rings. The number of carbonyl (C=O) groups is 2. The van der Waals surface area contributed by atoms with Crippen molar-refractivity contribution in [2.75, 3.05) is 19.4 Å². The highest BCUT2D eigenvalue weighted by Crippen LogP contribution is 2.24. The Morgan fingerprint density at radius 2 is 2.07 bits per heavy atom. The molecule has 1 aromatic heterocycles. The second-order valence-corrected chi connectivity index (χ2v) is 8.36. The molecule has 0 fully saturated rings. The summed E-state index contributed by atoms with van der Waals surface area (Å²) in [4.78, 5) is 26.4. The molecule has 0 radical (unpaired) electrons. The zero-order valence-electron chi connectivity index (χ0n) is 16.7. The second kappa shape index (κ2) is 9.80. The maximum atomic E-state index is 12.3. The van der Waals surface area contributed by atoms with Crippen molar-refractivity contribution in [3.63, 3.8) is 0 Å². The third-order valence-electron chi connectivity index (χ3n) is 3.72. The molecule has 2 aromatic rings. The van der Waals surface area contributed by atoms with Crippen LogP contribution in [-0.4, -0.2) is 39.9 Å². The van der Waals surface area contributed by atoms with Crippen molar-refractivity contribution < 1.29 is 9.59 Å². The molecule has 2 rings (SSSR count). The Bertz CT molecular complexity index is 890. The highest BCUT2D eigenvalue weighted by molar-refractivity contribution is 8.13. The number of nitrogens with one attached hydrogen (secondary N) is 1. The highest BCUT2D eigenvalue weighted by Gasteiger charge is 2.12. The predicted molar refractivity (Wildman–Crippen MR) is 116 cm³/mol. The molecular weight excluding hydrogens is 396 g/mol. The SMILES string of the molecule is Cc1nn(CC(C)C)c(Cl)c1C=CC(=O)Nc1cccc(SC(=O)N(C)C)c1. The van der Waals surface area contributed by atoms with E-state index in [1.807, 2.05) is 13.0 Å². The van der Waals surface area contributed by atoms with Crippen LogP contribution in [-0.2, 0) is 11.3 Å². The van der Waals surface area contributed by atoms with Gasteiger partial charge in [-0.25, -0.2) is 0 Å². The quantitative estimate of drug-likeness (QED) is 0.531. The molecule has 0 aliphatic carbocycles. The number of aryl methyl sites for hydroxylation is 1. The van der Waals surface area contributed by atoms with Gasteiger partial charge in [-0.1, -0.05) is 31.5 Å². The summed E-state index contributed by atoms with van der Waals surface area (Å²) in [6.45, 7) is 6.77. The van der Waals surface area contributed by atoms with E-state index in [0.717, 1.165) is 34.5 Å². The summed E-state index contributed by atoms with van der Waals surface area (Å²) in [5, 5.41) is 7.67. The van der Waals surface area contributed by atoms with E-state index in [-0.39, 0.29) is 11.1 Å². The van der Waals surface area contributed by atoms with E-state index in [2.05, 4.69) is 24.3 Å². The molecule has 8 heteroatoms. The molecule has 0 bridgehead atoms. The number of aromatic nitrogens is 2. The van der Waals surface area contributed by atoms with Gasteiger partial charge in [0.1, 0.15) is 5.15 Å². The molecule has 0 atom stereocenters. The Morgan fingerprint density at radius 1 is 1.36 bits per heavy atom. The maximum absolute atomic E-state index is 12.3. The van der Waals surface area contributed by atoms with E-state index in [4.69, 9.17) is 11.6 Å². The minimum atomic E-state index is -0.284. The van der Waals surface area contributed by atoms with Gasteiger partial charge >= 0.3 is 0 Å². The van der Waals surface area contributed by atoms with Crippen LogP contribution in [0.3, 0.4) is 0 Å². The van der Waals surface area contributed by atoms with Gasteiger partial charge in [-0.3, -0.25) is 14.3 Å². The summed E-state index contributed by atoms with van der Waals surface area (Å²) in [5.41, 5.74) is 2.12. The lowest BCUT2D eigenvalue weighted by atomic mass is 10.2. The number of halogens is 1.